The number of rotatable bonds is 5. The van der Waals surface area contributed by atoms with Crippen LogP contribution in [0.3, 0.4) is 0 Å². The van der Waals surface area contributed by atoms with Crippen molar-refractivity contribution in [3.05, 3.63) is 16.6 Å². The van der Waals surface area contributed by atoms with Crippen LogP contribution in [-0.4, -0.2) is 18.1 Å². The first-order valence-corrected chi connectivity index (χ1v) is 4.46. The molecule has 0 radical (unpaired) electrons. The molecule has 0 aliphatic carbocycles. The molecule has 0 saturated heterocycles. The van der Waals surface area contributed by atoms with Crippen molar-refractivity contribution in [3.8, 4) is 0 Å². The number of nitrogens with two attached hydrogens (primary N) is 1. The highest BCUT2D eigenvalue weighted by Crippen LogP contribution is 2.06. The van der Waals surface area contributed by atoms with E-state index in [0.717, 1.165) is 13.0 Å². The van der Waals surface area contributed by atoms with Gasteiger partial charge in [-0.15, -0.1) is 11.3 Å². The minimum atomic E-state index is 0.671. The molecule has 62 valence electrons. The summed E-state index contributed by atoms with van der Waals surface area (Å²) < 4.78 is 5.31. The Balaban J connectivity index is 2.04. The third-order valence-electron chi connectivity index (χ3n) is 1.22. The van der Waals surface area contributed by atoms with E-state index in [4.69, 9.17) is 10.5 Å². The van der Waals surface area contributed by atoms with Gasteiger partial charge in [-0.2, -0.15) is 0 Å². The van der Waals surface area contributed by atoms with Gasteiger partial charge in [0, 0.05) is 12.8 Å². The predicted octanol–water partition coefficient (Wildman–Crippen LogP) is 1.01. The molecule has 0 fully saturated rings. The summed E-state index contributed by atoms with van der Waals surface area (Å²) in [7, 11) is 0. The van der Waals surface area contributed by atoms with Crippen molar-refractivity contribution in [3.63, 3.8) is 0 Å². The first-order valence-electron chi connectivity index (χ1n) is 3.58. The Hall–Kier alpha value is -0.450. The Labute approximate surface area is 70.2 Å². The molecule has 2 N–H and O–H groups in total. The Kier molecular flexibility index (Phi) is 4.11. The molecule has 3 nitrogen and oxygen atoms in total. The molecule has 0 aliphatic rings. The van der Waals surface area contributed by atoms with E-state index in [1.54, 1.807) is 11.3 Å². The number of nitrogens with zero attached hydrogens (tertiary/aromatic N) is 1. The molecule has 11 heavy (non-hydrogen) atoms. The van der Waals surface area contributed by atoms with Gasteiger partial charge in [-0.1, -0.05) is 0 Å². The number of aromatic nitrogens is 1. The van der Waals surface area contributed by atoms with E-state index < -0.39 is 0 Å². The summed E-state index contributed by atoms with van der Waals surface area (Å²) in [5.41, 5.74) is 7.11. The first kappa shape index (κ1) is 8.64. The van der Waals surface area contributed by atoms with E-state index in [9.17, 15) is 0 Å². The fraction of sp³-hybridized carbons (Fsp3) is 0.571. The zero-order chi connectivity index (χ0) is 7.94. The maximum Gasteiger partial charge on any atom is 0.0825 e. The monoisotopic (exact) mass is 172 g/mol. The van der Waals surface area contributed by atoms with E-state index in [1.807, 2.05) is 11.7 Å². The van der Waals surface area contributed by atoms with Crippen LogP contribution in [0.2, 0.25) is 0 Å². The molecular formula is C7H12N2OS. The van der Waals surface area contributed by atoms with Crippen LogP contribution >= 0.6 is 11.3 Å². The van der Waals surface area contributed by atoms with Crippen LogP contribution < -0.4 is 5.73 Å². The molecule has 1 aromatic heterocycles. The second kappa shape index (κ2) is 5.23. The summed E-state index contributed by atoms with van der Waals surface area (Å²) in [6.07, 6.45) is 2.76. The minimum Gasteiger partial charge on any atom is -0.376 e. The van der Waals surface area contributed by atoms with Crippen molar-refractivity contribution in [2.24, 2.45) is 5.73 Å². The maximum absolute atomic E-state index is 5.31. The normalized spacial score (nSPS) is 10.3. The minimum absolute atomic E-state index is 0.671. The van der Waals surface area contributed by atoms with E-state index >= 15 is 0 Å². The van der Waals surface area contributed by atoms with Crippen LogP contribution in [0.4, 0.5) is 0 Å². The molecule has 0 unspecified atom stereocenters. The average molecular weight is 172 g/mol. The highest BCUT2D eigenvalue weighted by atomic mass is 32.1. The van der Waals surface area contributed by atoms with Gasteiger partial charge < -0.3 is 10.5 Å². The molecule has 0 bridgehead atoms. The van der Waals surface area contributed by atoms with Gasteiger partial charge in [-0.05, 0) is 13.0 Å². The lowest BCUT2D eigenvalue weighted by Gasteiger charge is -1.98. The molecule has 1 rings (SSSR count). The topological polar surface area (TPSA) is 48.1 Å². The summed E-state index contributed by atoms with van der Waals surface area (Å²) in [5, 5.41) is 0. The summed E-state index contributed by atoms with van der Waals surface area (Å²) in [5.74, 6) is 0. The Morgan fingerprint density at radius 3 is 3.18 bits per heavy atom. The maximum atomic E-state index is 5.31. The fourth-order valence-corrected chi connectivity index (χ4v) is 1.20. The Morgan fingerprint density at radius 2 is 2.55 bits per heavy atom. The van der Waals surface area contributed by atoms with Crippen molar-refractivity contribution in [1.82, 2.24) is 4.98 Å². The molecule has 0 aromatic carbocycles. The van der Waals surface area contributed by atoms with E-state index in [0.29, 0.717) is 13.2 Å². The standard InChI is InChI=1S/C7H12N2OS/c8-2-1-3-10-5-7-4-9-6-11-7/h4,6H,1-3,5,8H2. The molecule has 0 atom stereocenters. The average Bonchev–Trinajstić information content (AvgIpc) is 2.50. The number of thiazole rings is 1. The van der Waals surface area contributed by atoms with Crippen LogP contribution in [0.15, 0.2) is 11.7 Å². The SMILES string of the molecule is NCCCOCc1cncs1. The number of ether oxygens (including phenoxy) is 1. The van der Waals surface area contributed by atoms with Crippen LogP contribution in [0.25, 0.3) is 0 Å². The van der Waals surface area contributed by atoms with Crippen LogP contribution in [-0.2, 0) is 11.3 Å². The molecule has 0 aliphatic heterocycles. The van der Waals surface area contributed by atoms with Gasteiger partial charge in [0.2, 0.25) is 0 Å². The highest BCUT2D eigenvalue weighted by molar-refractivity contribution is 7.09. The first-order chi connectivity index (χ1) is 5.43. The predicted molar refractivity (Wildman–Crippen MR) is 45.4 cm³/mol. The molecule has 0 spiro atoms. The smallest absolute Gasteiger partial charge is 0.0825 e. The van der Waals surface area contributed by atoms with Gasteiger partial charge in [-0.3, -0.25) is 4.98 Å². The van der Waals surface area contributed by atoms with Crippen LogP contribution in [0.1, 0.15) is 11.3 Å². The van der Waals surface area contributed by atoms with Crippen LogP contribution in [0, 0.1) is 0 Å². The van der Waals surface area contributed by atoms with Crippen molar-refractivity contribution < 1.29 is 4.74 Å². The molecule has 0 amide bonds. The van der Waals surface area contributed by atoms with E-state index in [-0.39, 0.29) is 0 Å². The lowest BCUT2D eigenvalue weighted by atomic mass is 10.5. The second-order valence-electron chi connectivity index (χ2n) is 2.16. The highest BCUT2D eigenvalue weighted by Gasteiger charge is 1.92. The molecule has 4 heteroatoms. The fourth-order valence-electron chi connectivity index (χ4n) is 0.672. The summed E-state index contributed by atoms with van der Waals surface area (Å²) in [6.45, 7) is 2.11. The van der Waals surface area contributed by atoms with Gasteiger partial charge in [-0.25, -0.2) is 0 Å². The number of hydrogen-bond acceptors (Lipinski definition) is 4. The lowest BCUT2D eigenvalue weighted by Crippen LogP contribution is -2.03. The summed E-state index contributed by atoms with van der Waals surface area (Å²) in [4.78, 5) is 5.10. The van der Waals surface area contributed by atoms with Gasteiger partial charge in [0.1, 0.15) is 0 Å². The second-order valence-corrected chi connectivity index (χ2v) is 3.13. The zero-order valence-electron chi connectivity index (χ0n) is 6.32. The molecule has 1 heterocycles. The largest absolute Gasteiger partial charge is 0.376 e. The van der Waals surface area contributed by atoms with E-state index in [1.165, 1.54) is 4.88 Å². The summed E-state index contributed by atoms with van der Waals surface area (Å²) in [6, 6.07) is 0. The summed E-state index contributed by atoms with van der Waals surface area (Å²) >= 11 is 1.61. The third kappa shape index (κ3) is 3.46. The van der Waals surface area contributed by atoms with Crippen molar-refractivity contribution in [1.29, 1.82) is 0 Å². The third-order valence-corrected chi connectivity index (χ3v) is 1.97. The van der Waals surface area contributed by atoms with Gasteiger partial charge >= 0.3 is 0 Å². The van der Waals surface area contributed by atoms with Gasteiger partial charge in [0.05, 0.1) is 17.0 Å². The van der Waals surface area contributed by atoms with Gasteiger partial charge in [0.25, 0.3) is 0 Å². The number of hydrogen-bond donors (Lipinski definition) is 1. The van der Waals surface area contributed by atoms with Crippen LogP contribution in [0.5, 0.6) is 0 Å². The van der Waals surface area contributed by atoms with E-state index in [2.05, 4.69) is 4.98 Å². The van der Waals surface area contributed by atoms with Gasteiger partial charge in [0.15, 0.2) is 0 Å². The van der Waals surface area contributed by atoms with Crippen molar-refractivity contribution in [2.75, 3.05) is 13.2 Å². The quantitative estimate of drug-likeness (QED) is 0.674. The molecule has 0 saturated carbocycles. The molecular weight excluding hydrogens is 160 g/mol. The Bertz CT molecular complexity index is 177. The lowest BCUT2D eigenvalue weighted by molar-refractivity contribution is 0.122. The van der Waals surface area contributed by atoms with Crippen molar-refractivity contribution in [2.45, 2.75) is 13.0 Å². The zero-order valence-corrected chi connectivity index (χ0v) is 7.14. The molecule has 1 aromatic rings. The Morgan fingerprint density at radius 1 is 1.64 bits per heavy atom. The van der Waals surface area contributed by atoms with Crippen molar-refractivity contribution >= 4 is 11.3 Å².